The van der Waals surface area contributed by atoms with Crippen LogP contribution in [0.2, 0.25) is 0 Å². The van der Waals surface area contributed by atoms with Gasteiger partial charge in [-0.2, -0.15) is 0 Å². The molecule has 0 fully saturated rings. The van der Waals surface area contributed by atoms with E-state index in [1.165, 1.54) is 22.3 Å². The zero-order valence-electron chi connectivity index (χ0n) is 24.9. The minimum absolute atomic E-state index is 0.0129. The lowest BCUT2D eigenvalue weighted by Gasteiger charge is -2.29. The first kappa shape index (κ1) is 21.6. The van der Waals surface area contributed by atoms with Crippen molar-refractivity contribution in [3.05, 3.63) is 122 Å². The van der Waals surface area contributed by atoms with Crippen molar-refractivity contribution in [2.75, 3.05) is 0 Å². The average molecular weight is 484 g/mol. The number of rotatable bonds is 9. The number of aromatic hydroxyl groups is 3. The Labute approximate surface area is 219 Å². The van der Waals surface area contributed by atoms with E-state index in [4.69, 9.17) is 19.6 Å². The van der Waals surface area contributed by atoms with Crippen LogP contribution in [0.3, 0.4) is 0 Å². The molecule has 0 aromatic heterocycles. The van der Waals surface area contributed by atoms with Crippen LogP contribution in [0.1, 0.15) is 73.9 Å². The van der Waals surface area contributed by atoms with Gasteiger partial charge in [-0.05, 0) is 122 Å². The summed E-state index contributed by atoms with van der Waals surface area (Å²) >= 11 is 0. The van der Waals surface area contributed by atoms with Gasteiger partial charge in [0, 0.05) is 11.8 Å². The van der Waals surface area contributed by atoms with Gasteiger partial charge in [0.2, 0.25) is 0 Å². The predicted octanol–water partition coefficient (Wildman–Crippen LogP) is 8.01. The second-order valence-corrected chi connectivity index (χ2v) is 10.2. The minimum Gasteiger partial charge on any atom is -0.508 e. The largest absolute Gasteiger partial charge is 0.508 e. The van der Waals surface area contributed by atoms with E-state index in [0.717, 1.165) is 39.8 Å². The van der Waals surface area contributed by atoms with E-state index in [2.05, 4.69) is 63.2 Å². The Morgan fingerprint density at radius 3 is 1.31 bits per heavy atom. The molecule has 0 aliphatic rings. The van der Waals surface area contributed by atoms with Crippen LogP contribution in [0.4, 0.5) is 0 Å². The normalized spacial score (nSPS) is 13.0. The summed E-state index contributed by atoms with van der Waals surface area (Å²) in [6.45, 7) is 12.1. The predicted molar refractivity (Wildman–Crippen MR) is 147 cm³/mol. The molecule has 0 aliphatic carbocycles. The maximum absolute atomic E-state index is 7.49. The first-order valence-electron chi connectivity index (χ1n) is 13.7. The van der Waals surface area contributed by atoms with Crippen LogP contribution in [-0.2, 0) is 0 Å². The highest BCUT2D eigenvalue weighted by Crippen LogP contribution is 2.44. The van der Waals surface area contributed by atoms with Crippen molar-refractivity contribution in [2.45, 2.75) is 59.8 Å². The fourth-order valence-corrected chi connectivity index (χ4v) is 5.35. The van der Waals surface area contributed by atoms with E-state index in [1.54, 1.807) is 0 Å². The van der Waals surface area contributed by atoms with Gasteiger partial charge in [-0.25, -0.2) is 0 Å². The number of phenols is 3. The summed E-state index contributed by atoms with van der Waals surface area (Å²) in [5, 5.41) is 14.7. The quantitative estimate of drug-likeness (QED) is 0.226. The monoisotopic (exact) mass is 483 g/mol. The maximum Gasteiger partial charge on any atom is 0.293 e. The molecule has 0 heterocycles. The van der Waals surface area contributed by atoms with E-state index in [0.29, 0.717) is 17.2 Å². The fourth-order valence-electron chi connectivity index (χ4n) is 5.35. The highest BCUT2D eigenvalue weighted by molar-refractivity contribution is 5.52. The van der Waals surface area contributed by atoms with Crippen molar-refractivity contribution >= 4 is 0 Å². The van der Waals surface area contributed by atoms with E-state index in [-0.39, 0.29) is 11.8 Å². The molecule has 3 heteroatoms. The van der Waals surface area contributed by atoms with E-state index in [1.807, 2.05) is 45.0 Å². The Morgan fingerprint density at radius 1 is 0.528 bits per heavy atom. The number of benzene rings is 4. The second-order valence-electron chi connectivity index (χ2n) is 10.2. The molecule has 0 saturated carbocycles. The van der Waals surface area contributed by atoms with Gasteiger partial charge in [0.05, 0.1) is 0 Å². The van der Waals surface area contributed by atoms with Crippen molar-refractivity contribution < 1.29 is 15.3 Å². The summed E-state index contributed by atoms with van der Waals surface area (Å²) in [4.78, 5) is 0. The molecule has 1 atom stereocenters. The minimum atomic E-state index is 0.0129. The van der Waals surface area contributed by atoms with Gasteiger partial charge in [-0.3, -0.25) is 0 Å². The summed E-state index contributed by atoms with van der Waals surface area (Å²) in [5.74, 6) is 1.75. The number of hydrogen-bond donors (Lipinski definition) is 3. The number of phenolic OH excluding ortho intramolecular Hbond substituents is 3. The Kier molecular flexibility index (Phi) is 6.05. The molecular formula is C33H36O3. The lowest BCUT2D eigenvalue weighted by molar-refractivity contribution is 0.469. The van der Waals surface area contributed by atoms with Gasteiger partial charge in [0.1, 0.15) is 17.2 Å². The van der Waals surface area contributed by atoms with Gasteiger partial charge in [0.15, 0.2) is 0 Å². The third kappa shape index (κ3) is 4.97. The third-order valence-electron chi connectivity index (χ3n) is 7.49. The van der Waals surface area contributed by atoms with Gasteiger partial charge in [-0.15, -0.1) is 0 Å². The van der Waals surface area contributed by atoms with Crippen LogP contribution in [0.5, 0.6) is 17.2 Å². The average Bonchev–Trinajstić information content (AvgIpc) is 2.93. The van der Waals surface area contributed by atoms with Gasteiger partial charge < -0.3 is 15.3 Å². The molecule has 4 rings (SSSR count). The van der Waals surface area contributed by atoms with Crippen LogP contribution in [0, 0.1) is 41.5 Å². The molecule has 1 unspecified atom stereocenters. The standard InChI is InChI=1S/C33H36O3/c1-19-15-31(34)22(4)12-26(19)29(25-10-8-7-9-11-25)18-30(27-13-23(5)32(35)16-20(27)2)28-14-24(6)33(36)17-21(28)3/h7-17,29-30,34-36H,18H2,1-6H3/i/hD3. The van der Waals surface area contributed by atoms with Crippen LogP contribution < -0.4 is 0 Å². The molecule has 4 aromatic rings. The molecule has 36 heavy (non-hydrogen) atoms. The van der Waals surface area contributed by atoms with E-state index in [9.17, 15) is 0 Å². The summed E-state index contributed by atoms with van der Waals surface area (Å²) in [6, 6.07) is 22.8. The van der Waals surface area contributed by atoms with Crippen LogP contribution in [0.15, 0.2) is 66.7 Å². The lowest BCUT2D eigenvalue weighted by Crippen LogP contribution is -2.13. The highest BCUT2D eigenvalue weighted by Gasteiger charge is 2.27. The molecule has 0 radical (unpaired) electrons. The van der Waals surface area contributed by atoms with Crippen LogP contribution in [-0.4, -0.2) is 19.6 Å². The molecule has 3 N–H and O–H groups in total. The second kappa shape index (κ2) is 10.1. The summed E-state index contributed by atoms with van der Waals surface area (Å²) in [6.07, 6.45) is 0.786. The number of aryl methyl sites for hydroxylation is 6. The molecule has 0 bridgehead atoms. The van der Waals surface area contributed by atoms with Crippen molar-refractivity contribution in [3.8, 4) is 17.2 Å². The lowest BCUT2D eigenvalue weighted by atomic mass is 9.74. The molecule has 0 spiro atoms. The number of hydrogen-bond acceptors (Lipinski definition) is 3. The first-order chi connectivity index (χ1) is 18.7. The van der Waals surface area contributed by atoms with E-state index < -0.39 is 0 Å². The summed E-state index contributed by atoms with van der Waals surface area (Å²) < 4.78 is 22.4. The molecule has 186 valence electrons. The van der Waals surface area contributed by atoms with Gasteiger partial charge >= 0.3 is 0 Å². The Balaban J connectivity index is 1.96. The molecule has 0 amide bonds. The van der Waals surface area contributed by atoms with Crippen LogP contribution >= 0.6 is 0 Å². The van der Waals surface area contributed by atoms with Crippen molar-refractivity contribution in [2.24, 2.45) is 0 Å². The van der Waals surface area contributed by atoms with Crippen LogP contribution in [0.25, 0.3) is 0 Å². The summed E-state index contributed by atoms with van der Waals surface area (Å²) in [5.41, 5.74) is 10.7. The molecule has 3 nitrogen and oxygen atoms in total. The molecule has 0 aliphatic heterocycles. The van der Waals surface area contributed by atoms with Gasteiger partial charge in [-0.1, -0.05) is 48.5 Å². The Morgan fingerprint density at radius 2 is 0.917 bits per heavy atom. The van der Waals surface area contributed by atoms with Crippen molar-refractivity contribution in [1.29, 1.82) is 4.29 Å². The smallest absolute Gasteiger partial charge is 0.293 e. The Hall–Kier alpha value is -3.72. The zero-order chi connectivity index (χ0) is 28.3. The van der Waals surface area contributed by atoms with Crippen molar-refractivity contribution in [1.82, 2.24) is 0 Å². The maximum atomic E-state index is 7.49. The van der Waals surface area contributed by atoms with Crippen molar-refractivity contribution in [3.63, 3.8) is 0 Å². The SMILES string of the molecule is [2H]Oc1cc(C)c(C(CC(c2cc(C)c(O[2H])cc2C)c2cc(C)c(O[2H])cc2C)c2ccccc2)cc1C. The van der Waals surface area contributed by atoms with E-state index >= 15 is 0 Å². The first-order valence-corrected chi connectivity index (χ1v) is 12.5. The highest BCUT2D eigenvalue weighted by atomic mass is 16.3. The topological polar surface area (TPSA) is 60.7 Å². The third-order valence-corrected chi connectivity index (χ3v) is 7.49. The fraction of sp³-hybridized carbons (Fsp3) is 0.273. The molecule has 4 aromatic carbocycles. The zero-order valence-corrected chi connectivity index (χ0v) is 21.9. The molecular weight excluding hydrogens is 444 g/mol. The summed E-state index contributed by atoms with van der Waals surface area (Å²) in [7, 11) is 0. The molecule has 0 saturated heterocycles. The van der Waals surface area contributed by atoms with Gasteiger partial charge in [0.25, 0.3) is 4.29 Å². The Bertz CT molecular complexity index is 1410.